The van der Waals surface area contributed by atoms with Gasteiger partial charge in [0.25, 0.3) is 0 Å². The molecule has 0 aliphatic carbocycles. The summed E-state index contributed by atoms with van der Waals surface area (Å²) in [6.45, 7) is 0. The van der Waals surface area contributed by atoms with Crippen molar-refractivity contribution in [1.29, 1.82) is 0 Å². The molecule has 9 heteroatoms. The van der Waals surface area contributed by atoms with E-state index < -0.39 is 17.9 Å². The fourth-order valence-electron chi connectivity index (χ4n) is 3.19. The molecule has 1 aliphatic rings. The molecule has 0 spiro atoms. The summed E-state index contributed by atoms with van der Waals surface area (Å²) in [5.74, 6) is 0.738. The molecule has 30 heavy (non-hydrogen) atoms. The van der Waals surface area contributed by atoms with E-state index in [1.807, 2.05) is 0 Å². The van der Waals surface area contributed by atoms with Crippen molar-refractivity contribution in [3.8, 4) is 22.8 Å². The number of alkyl halides is 3. The summed E-state index contributed by atoms with van der Waals surface area (Å²) in [6, 6.07) is 15.4. The molecule has 3 aromatic rings. The van der Waals surface area contributed by atoms with Crippen LogP contribution in [0.1, 0.15) is 17.3 Å². The van der Waals surface area contributed by atoms with E-state index in [1.54, 1.807) is 48.3 Å². The van der Waals surface area contributed by atoms with Crippen molar-refractivity contribution < 1.29 is 17.9 Å². The van der Waals surface area contributed by atoms with E-state index in [0.29, 0.717) is 11.3 Å². The van der Waals surface area contributed by atoms with Gasteiger partial charge >= 0.3 is 6.18 Å². The average molecular weight is 413 g/mol. The molecule has 4 N–H and O–H groups in total. The molecular weight excluding hydrogens is 395 g/mol. The maximum atomic E-state index is 13.8. The van der Waals surface area contributed by atoms with Gasteiger partial charge < -0.3 is 21.1 Å². The number of aromatic nitrogens is 1. The second kappa shape index (κ2) is 7.34. The van der Waals surface area contributed by atoms with Crippen LogP contribution >= 0.6 is 0 Å². The summed E-state index contributed by atoms with van der Waals surface area (Å²) in [5.41, 5.74) is 11.5. The number of fused-ring (bicyclic) bond motifs is 1. The highest BCUT2D eigenvalue weighted by molar-refractivity contribution is 5.84. The van der Waals surface area contributed by atoms with Gasteiger partial charge in [0.2, 0.25) is 0 Å². The van der Waals surface area contributed by atoms with Crippen LogP contribution in [0.2, 0.25) is 0 Å². The molecule has 2 aromatic carbocycles. The lowest BCUT2D eigenvalue weighted by Gasteiger charge is -2.30. The van der Waals surface area contributed by atoms with Gasteiger partial charge in [-0.3, -0.25) is 0 Å². The highest BCUT2D eigenvalue weighted by atomic mass is 19.4. The minimum absolute atomic E-state index is 0.0256. The number of ether oxygens (including phenoxy) is 1. The number of halogens is 3. The molecule has 1 aromatic heterocycles. The zero-order valence-corrected chi connectivity index (χ0v) is 15.9. The lowest BCUT2D eigenvalue weighted by Crippen LogP contribution is -2.43. The Kier molecular flexibility index (Phi) is 4.83. The van der Waals surface area contributed by atoms with E-state index in [0.717, 1.165) is 6.07 Å². The van der Waals surface area contributed by atoms with E-state index in [4.69, 9.17) is 16.2 Å². The van der Waals surface area contributed by atoms with Crippen LogP contribution in [-0.4, -0.2) is 22.9 Å². The Morgan fingerprint density at radius 2 is 1.73 bits per heavy atom. The molecule has 1 unspecified atom stereocenters. The Bertz CT molecular complexity index is 1120. The third-order valence-electron chi connectivity index (χ3n) is 4.78. The third kappa shape index (κ3) is 3.55. The van der Waals surface area contributed by atoms with E-state index in [1.165, 1.54) is 18.2 Å². The van der Waals surface area contributed by atoms with Crippen LogP contribution in [0, 0.1) is 0 Å². The molecule has 1 atom stereocenters. The van der Waals surface area contributed by atoms with Crippen molar-refractivity contribution in [3.63, 3.8) is 0 Å². The van der Waals surface area contributed by atoms with Gasteiger partial charge in [0.1, 0.15) is 17.7 Å². The molecule has 0 saturated carbocycles. The standard InChI is InChI=1S/C21H18F3N5O/c1-29-18(25)13-10-11-15(27-19(13)28-20(29)26)17-14(21(22,23)24)8-5-9-16(17)30-12-6-3-2-4-7-12/h2-11,18H,25H2,1H3,(H2,26,27,28). The van der Waals surface area contributed by atoms with Crippen LogP contribution in [0.15, 0.2) is 65.7 Å². The second-order valence-corrected chi connectivity index (χ2v) is 6.73. The van der Waals surface area contributed by atoms with Gasteiger partial charge in [0, 0.05) is 12.6 Å². The van der Waals surface area contributed by atoms with Crippen molar-refractivity contribution in [2.75, 3.05) is 7.05 Å². The van der Waals surface area contributed by atoms with Gasteiger partial charge in [-0.1, -0.05) is 24.3 Å². The van der Waals surface area contributed by atoms with E-state index in [-0.39, 0.29) is 28.8 Å². The van der Waals surface area contributed by atoms with Gasteiger partial charge in [-0.2, -0.15) is 18.2 Å². The van der Waals surface area contributed by atoms with Crippen LogP contribution in [0.4, 0.5) is 19.0 Å². The van der Waals surface area contributed by atoms with Crippen LogP contribution in [0.25, 0.3) is 11.3 Å². The van der Waals surface area contributed by atoms with E-state index >= 15 is 0 Å². The lowest BCUT2D eigenvalue weighted by molar-refractivity contribution is -0.137. The number of hydrogen-bond acceptors (Lipinski definition) is 6. The molecule has 2 heterocycles. The largest absolute Gasteiger partial charge is 0.457 e. The number of pyridine rings is 1. The molecule has 1 aliphatic heterocycles. The van der Waals surface area contributed by atoms with Crippen LogP contribution in [0.3, 0.4) is 0 Å². The zero-order chi connectivity index (χ0) is 21.5. The first kappa shape index (κ1) is 19.7. The van der Waals surface area contributed by atoms with E-state index in [9.17, 15) is 13.2 Å². The summed E-state index contributed by atoms with van der Waals surface area (Å²) in [6.07, 6.45) is -5.21. The highest BCUT2D eigenvalue weighted by Gasteiger charge is 2.36. The Labute approximate surface area is 170 Å². The zero-order valence-electron chi connectivity index (χ0n) is 15.9. The fourth-order valence-corrected chi connectivity index (χ4v) is 3.19. The summed E-state index contributed by atoms with van der Waals surface area (Å²) in [5, 5.41) is 0. The molecule has 0 fully saturated rings. The number of nitrogens with zero attached hydrogens (tertiary/aromatic N) is 3. The molecule has 0 bridgehead atoms. The second-order valence-electron chi connectivity index (χ2n) is 6.73. The van der Waals surface area contributed by atoms with Crippen molar-refractivity contribution in [2.24, 2.45) is 16.5 Å². The predicted molar refractivity (Wildman–Crippen MR) is 107 cm³/mol. The number of para-hydroxylation sites is 1. The minimum atomic E-state index is -4.61. The topological polar surface area (TPSA) is 89.8 Å². The van der Waals surface area contributed by atoms with E-state index in [2.05, 4.69) is 9.98 Å². The number of guanidine groups is 1. The summed E-state index contributed by atoms with van der Waals surface area (Å²) in [7, 11) is 1.67. The third-order valence-corrected chi connectivity index (χ3v) is 4.78. The number of aliphatic imine (C=N–C) groups is 1. The van der Waals surface area contributed by atoms with Crippen molar-refractivity contribution in [1.82, 2.24) is 9.88 Å². The normalized spacial score (nSPS) is 16.1. The molecule has 6 nitrogen and oxygen atoms in total. The Morgan fingerprint density at radius 1 is 1.00 bits per heavy atom. The first-order chi connectivity index (χ1) is 14.3. The summed E-state index contributed by atoms with van der Waals surface area (Å²) in [4.78, 5) is 10.1. The molecule has 0 amide bonds. The number of nitrogens with two attached hydrogens (primary N) is 2. The van der Waals surface area contributed by atoms with Gasteiger partial charge in [0.05, 0.1) is 16.8 Å². The summed E-state index contributed by atoms with van der Waals surface area (Å²) >= 11 is 0. The summed E-state index contributed by atoms with van der Waals surface area (Å²) < 4.78 is 47.2. The first-order valence-corrected chi connectivity index (χ1v) is 9.02. The number of benzene rings is 2. The lowest BCUT2D eigenvalue weighted by atomic mass is 10.0. The van der Waals surface area contributed by atoms with Gasteiger partial charge in [-0.25, -0.2) is 4.98 Å². The maximum absolute atomic E-state index is 13.8. The van der Waals surface area contributed by atoms with Crippen molar-refractivity contribution in [3.05, 3.63) is 71.8 Å². The van der Waals surface area contributed by atoms with Crippen LogP contribution < -0.4 is 16.2 Å². The Morgan fingerprint density at radius 3 is 2.43 bits per heavy atom. The number of hydrogen-bond donors (Lipinski definition) is 2. The minimum Gasteiger partial charge on any atom is -0.457 e. The monoisotopic (exact) mass is 413 g/mol. The SMILES string of the molecule is CN1C(N)=Nc2nc(-c3c(Oc4ccccc4)cccc3C(F)(F)F)ccc2C1N. The van der Waals surface area contributed by atoms with Gasteiger partial charge in [-0.15, -0.1) is 0 Å². The number of rotatable bonds is 3. The first-order valence-electron chi connectivity index (χ1n) is 9.02. The Balaban J connectivity index is 1.89. The molecule has 0 radical (unpaired) electrons. The Hall–Kier alpha value is -3.59. The van der Waals surface area contributed by atoms with Crippen LogP contribution in [-0.2, 0) is 6.18 Å². The van der Waals surface area contributed by atoms with Gasteiger partial charge in [0.15, 0.2) is 11.8 Å². The predicted octanol–water partition coefficient (Wildman–Crippen LogP) is 4.41. The molecule has 4 rings (SSSR count). The maximum Gasteiger partial charge on any atom is 0.417 e. The smallest absolute Gasteiger partial charge is 0.417 e. The van der Waals surface area contributed by atoms with Crippen LogP contribution in [0.5, 0.6) is 11.5 Å². The fraction of sp³-hybridized carbons (Fsp3) is 0.143. The molecular formula is C21H18F3N5O. The van der Waals surface area contributed by atoms with Crippen molar-refractivity contribution in [2.45, 2.75) is 12.3 Å². The van der Waals surface area contributed by atoms with Gasteiger partial charge in [-0.05, 0) is 36.4 Å². The quantitative estimate of drug-likeness (QED) is 0.664. The van der Waals surface area contributed by atoms with Crippen molar-refractivity contribution >= 4 is 11.8 Å². The molecule has 0 saturated heterocycles. The highest BCUT2D eigenvalue weighted by Crippen LogP contribution is 2.44. The molecule has 154 valence electrons. The average Bonchev–Trinajstić information content (AvgIpc) is 2.72.